The molecule has 3 nitrogen and oxygen atoms in total. The molecule has 0 aliphatic heterocycles. The van der Waals surface area contributed by atoms with Gasteiger partial charge in [0.2, 0.25) is 0 Å². The van der Waals surface area contributed by atoms with Gasteiger partial charge in [-0.25, -0.2) is 0 Å². The van der Waals surface area contributed by atoms with Crippen LogP contribution >= 0.6 is 0 Å². The van der Waals surface area contributed by atoms with Crippen LogP contribution in [0.15, 0.2) is 0 Å². The van der Waals surface area contributed by atoms with Crippen molar-refractivity contribution in [2.75, 3.05) is 13.2 Å². The van der Waals surface area contributed by atoms with Gasteiger partial charge in [-0.2, -0.15) is 0 Å². The number of rotatable bonds is 7. The Hall–Kier alpha value is -0.570. The molecule has 21 heavy (non-hydrogen) atoms. The largest absolute Gasteiger partial charge is 0.466 e. The third kappa shape index (κ3) is 5.61. The van der Waals surface area contributed by atoms with E-state index in [1.807, 2.05) is 6.92 Å². The fourth-order valence-electron chi connectivity index (χ4n) is 4.29. The van der Waals surface area contributed by atoms with Crippen molar-refractivity contribution in [3.05, 3.63) is 0 Å². The number of hydrogen-bond donors (Lipinski definition) is 1. The normalized spacial score (nSPS) is 27.5. The molecule has 2 rings (SSSR count). The van der Waals surface area contributed by atoms with E-state index in [-0.39, 0.29) is 5.97 Å². The number of ether oxygens (including phenoxy) is 1. The van der Waals surface area contributed by atoms with Crippen molar-refractivity contribution >= 4 is 5.97 Å². The Morgan fingerprint density at radius 3 is 2.52 bits per heavy atom. The molecule has 2 unspecified atom stereocenters. The van der Waals surface area contributed by atoms with Crippen molar-refractivity contribution in [2.24, 2.45) is 11.8 Å². The van der Waals surface area contributed by atoms with Crippen molar-refractivity contribution in [2.45, 2.75) is 83.6 Å². The lowest BCUT2D eigenvalue weighted by Gasteiger charge is -2.39. The molecule has 0 heterocycles. The summed E-state index contributed by atoms with van der Waals surface area (Å²) in [7, 11) is 0. The SMILES string of the molecule is CCOC(=O)CCCNC1CCCCC1C1CCCCC1. The van der Waals surface area contributed by atoms with Gasteiger partial charge in [0, 0.05) is 12.5 Å². The van der Waals surface area contributed by atoms with E-state index >= 15 is 0 Å². The lowest BCUT2D eigenvalue weighted by atomic mass is 9.71. The highest BCUT2D eigenvalue weighted by Crippen LogP contribution is 2.38. The van der Waals surface area contributed by atoms with E-state index in [9.17, 15) is 4.79 Å². The van der Waals surface area contributed by atoms with E-state index in [1.165, 1.54) is 57.8 Å². The number of nitrogens with one attached hydrogen (secondary N) is 1. The van der Waals surface area contributed by atoms with Gasteiger partial charge in [-0.3, -0.25) is 4.79 Å². The zero-order chi connectivity index (χ0) is 14.9. The van der Waals surface area contributed by atoms with Crippen LogP contribution in [-0.4, -0.2) is 25.2 Å². The average Bonchev–Trinajstić information content (AvgIpc) is 2.53. The van der Waals surface area contributed by atoms with Crippen LogP contribution in [-0.2, 0) is 9.53 Å². The third-order valence-electron chi connectivity index (χ3n) is 5.34. The minimum Gasteiger partial charge on any atom is -0.466 e. The second kappa shape index (κ2) is 9.45. The molecule has 2 aliphatic rings. The van der Waals surface area contributed by atoms with Gasteiger partial charge in [0.1, 0.15) is 0 Å². The van der Waals surface area contributed by atoms with Crippen LogP contribution < -0.4 is 5.32 Å². The van der Waals surface area contributed by atoms with E-state index in [2.05, 4.69) is 5.32 Å². The Morgan fingerprint density at radius 2 is 1.76 bits per heavy atom. The molecule has 0 bridgehead atoms. The van der Waals surface area contributed by atoms with Gasteiger partial charge in [0.15, 0.2) is 0 Å². The molecular weight excluding hydrogens is 262 g/mol. The van der Waals surface area contributed by atoms with Gasteiger partial charge >= 0.3 is 5.97 Å². The average molecular weight is 295 g/mol. The summed E-state index contributed by atoms with van der Waals surface area (Å²) in [6, 6.07) is 0.698. The molecule has 2 fully saturated rings. The molecule has 3 heteroatoms. The topological polar surface area (TPSA) is 38.3 Å². The second-order valence-electron chi connectivity index (χ2n) is 6.82. The molecule has 1 N–H and O–H groups in total. The Bertz CT molecular complexity index is 300. The summed E-state index contributed by atoms with van der Waals surface area (Å²) in [6.07, 6.45) is 14.2. The van der Waals surface area contributed by atoms with Gasteiger partial charge in [-0.1, -0.05) is 44.9 Å². The third-order valence-corrected chi connectivity index (χ3v) is 5.34. The van der Waals surface area contributed by atoms with Crippen molar-refractivity contribution in [1.29, 1.82) is 0 Å². The highest BCUT2D eigenvalue weighted by atomic mass is 16.5. The maximum Gasteiger partial charge on any atom is 0.305 e. The molecule has 0 spiro atoms. The molecule has 0 saturated heterocycles. The Morgan fingerprint density at radius 1 is 1.05 bits per heavy atom. The lowest BCUT2D eigenvalue weighted by molar-refractivity contribution is -0.143. The van der Waals surface area contributed by atoms with Crippen LogP contribution in [0.25, 0.3) is 0 Å². The maximum atomic E-state index is 11.4. The number of carbonyl (C=O) groups excluding carboxylic acids is 1. The lowest BCUT2D eigenvalue weighted by Crippen LogP contribution is -2.42. The number of hydrogen-bond acceptors (Lipinski definition) is 3. The summed E-state index contributed by atoms with van der Waals surface area (Å²) in [5.41, 5.74) is 0. The van der Waals surface area contributed by atoms with Gasteiger partial charge < -0.3 is 10.1 Å². The van der Waals surface area contributed by atoms with E-state index in [0.29, 0.717) is 19.1 Å². The summed E-state index contributed by atoms with van der Waals surface area (Å²) < 4.78 is 4.98. The molecule has 122 valence electrons. The number of carbonyl (C=O) groups is 1. The first-order chi connectivity index (χ1) is 10.3. The maximum absolute atomic E-state index is 11.4. The molecule has 0 aromatic heterocycles. The first-order valence-electron chi connectivity index (χ1n) is 9.20. The van der Waals surface area contributed by atoms with Crippen LogP contribution in [0.5, 0.6) is 0 Å². The van der Waals surface area contributed by atoms with Gasteiger partial charge in [-0.05, 0) is 44.6 Å². The minimum absolute atomic E-state index is 0.0493. The highest BCUT2D eigenvalue weighted by Gasteiger charge is 2.31. The summed E-state index contributed by atoms with van der Waals surface area (Å²) in [5, 5.41) is 3.76. The van der Waals surface area contributed by atoms with Crippen molar-refractivity contribution in [1.82, 2.24) is 5.32 Å². The Balaban J connectivity index is 1.70. The number of esters is 1. The molecule has 0 radical (unpaired) electrons. The summed E-state index contributed by atoms with van der Waals surface area (Å²) >= 11 is 0. The van der Waals surface area contributed by atoms with E-state index in [4.69, 9.17) is 4.74 Å². The van der Waals surface area contributed by atoms with Crippen LogP contribution in [0.3, 0.4) is 0 Å². The molecule has 2 saturated carbocycles. The first kappa shape index (κ1) is 16.8. The van der Waals surface area contributed by atoms with Crippen molar-refractivity contribution < 1.29 is 9.53 Å². The van der Waals surface area contributed by atoms with Crippen molar-refractivity contribution in [3.8, 4) is 0 Å². The fourth-order valence-corrected chi connectivity index (χ4v) is 4.29. The minimum atomic E-state index is -0.0493. The summed E-state index contributed by atoms with van der Waals surface area (Å²) in [4.78, 5) is 11.4. The zero-order valence-corrected chi connectivity index (χ0v) is 13.7. The summed E-state index contributed by atoms with van der Waals surface area (Å²) in [5.74, 6) is 1.80. The Kier molecular flexibility index (Phi) is 7.56. The molecule has 2 atom stereocenters. The highest BCUT2D eigenvalue weighted by molar-refractivity contribution is 5.69. The van der Waals surface area contributed by atoms with Crippen LogP contribution in [0.1, 0.15) is 77.6 Å². The smallest absolute Gasteiger partial charge is 0.305 e. The quantitative estimate of drug-likeness (QED) is 0.568. The monoisotopic (exact) mass is 295 g/mol. The van der Waals surface area contributed by atoms with Crippen LogP contribution in [0.4, 0.5) is 0 Å². The molecule has 0 aromatic rings. The predicted octanol–water partition coefficient (Wildman–Crippen LogP) is 4.06. The Labute approximate surface area is 130 Å². The second-order valence-corrected chi connectivity index (χ2v) is 6.82. The summed E-state index contributed by atoms with van der Waals surface area (Å²) in [6.45, 7) is 3.33. The van der Waals surface area contributed by atoms with E-state index in [1.54, 1.807) is 0 Å². The predicted molar refractivity (Wildman–Crippen MR) is 86.2 cm³/mol. The zero-order valence-electron chi connectivity index (χ0n) is 13.7. The molecule has 2 aliphatic carbocycles. The van der Waals surface area contributed by atoms with Gasteiger partial charge in [-0.15, -0.1) is 0 Å². The fraction of sp³-hybridized carbons (Fsp3) is 0.944. The molecule has 0 amide bonds. The van der Waals surface area contributed by atoms with Crippen molar-refractivity contribution in [3.63, 3.8) is 0 Å². The first-order valence-corrected chi connectivity index (χ1v) is 9.20. The van der Waals surface area contributed by atoms with Gasteiger partial charge in [0.25, 0.3) is 0 Å². The van der Waals surface area contributed by atoms with Crippen LogP contribution in [0.2, 0.25) is 0 Å². The molecule has 0 aromatic carbocycles. The standard InChI is InChI=1S/C18H33NO2/c1-2-21-18(20)13-8-14-19-17-12-7-6-11-16(17)15-9-4-3-5-10-15/h15-17,19H,2-14H2,1H3. The van der Waals surface area contributed by atoms with Gasteiger partial charge in [0.05, 0.1) is 6.61 Å². The van der Waals surface area contributed by atoms with E-state index in [0.717, 1.165) is 24.8 Å². The molecular formula is C18H33NO2. The van der Waals surface area contributed by atoms with E-state index < -0.39 is 0 Å². The van der Waals surface area contributed by atoms with Crippen LogP contribution in [0, 0.1) is 11.8 Å².